The van der Waals surface area contributed by atoms with Crippen molar-refractivity contribution in [2.75, 3.05) is 32.1 Å². The Hall–Kier alpha value is -3.00. The highest BCUT2D eigenvalue weighted by atomic mass is 19.1. The van der Waals surface area contributed by atoms with Crippen molar-refractivity contribution in [1.29, 1.82) is 0 Å². The molecule has 2 aromatic heterocycles. The average Bonchev–Trinajstić information content (AvgIpc) is 3.17. The van der Waals surface area contributed by atoms with Gasteiger partial charge in [-0.15, -0.1) is 0 Å². The molecule has 8 heteroatoms. The molecule has 0 atom stereocenters. The maximum atomic E-state index is 13.1. The first-order valence-corrected chi connectivity index (χ1v) is 9.78. The number of H-pyrrole nitrogens is 1. The summed E-state index contributed by atoms with van der Waals surface area (Å²) in [5, 5.41) is 4.39. The van der Waals surface area contributed by atoms with Crippen LogP contribution in [0.2, 0.25) is 0 Å². The van der Waals surface area contributed by atoms with Gasteiger partial charge in [0, 0.05) is 44.4 Å². The second-order valence-electron chi connectivity index (χ2n) is 7.71. The SMILES string of the molecule is CN(C)c1nc(C2CCN(Cc3cnn(-c4ccc(F)cc4)c3)CC2)cc(=O)[nH]1. The van der Waals surface area contributed by atoms with Crippen LogP contribution in [0.3, 0.4) is 0 Å². The smallest absolute Gasteiger partial charge is 0.252 e. The van der Waals surface area contributed by atoms with Crippen molar-refractivity contribution in [1.82, 2.24) is 24.6 Å². The lowest BCUT2D eigenvalue weighted by Gasteiger charge is -2.31. The van der Waals surface area contributed by atoms with E-state index in [2.05, 4.69) is 20.0 Å². The summed E-state index contributed by atoms with van der Waals surface area (Å²) in [6.07, 6.45) is 5.78. The minimum atomic E-state index is -0.253. The van der Waals surface area contributed by atoms with Crippen LogP contribution in [0.5, 0.6) is 0 Å². The summed E-state index contributed by atoms with van der Waals surface area (Å²) in [5.41, 5.74) is 2.74. The first-order chi connectivity index (χ1) is 14.0. The summed E-state index contributed by atoms with van der Waals surface area (Å²) < 4.78 is 14.9. The molecule has 1 aromatic carbocycles. The normalized spacial score (nSPS) is 15.6. The van der Waals surface area contributed by atoms with Gasteiger partial charge in [-0.25, -0.2) is 14.1 Å². The van der Waals surface area contributed by atoms with Crippen molar-refractivity contribution in [2.45, 2.75) is 25.3 Å². The number of anilines is 1. The van der Waals surface area contributed by atoms with Crippen LogP contribution in [0.15, 0.2) is 47.5 Å². The Kier molecular flexibility index (Phi) is 5.44. The molecule has 3 heterocycles. The zero-order valence-corrected chi connectivity index (χ0v) is 16.7. The van der Waals surface area contributed by atoms with E-state index in [1.807, 2.05) is 31.4 Å². The monoisotopic (exact) mass is 396 g/mol. The summed E-state index contributed by atoms with van der Waals surface area (Å²) in [4.78, 5) is 23.5. The van der Waals surface area contributed by atoms with Crippen LogP contribution >= 0.6 is 0 Å². The third kappa shape index (κ3) is 4.54. The number of nitrogens with zero attached hydrogens (tertiary/aromatic N) is 5. The van der Waals surface area contributed by atoms with E-state index in [1.165, 1.54) is 12.1 Å². The van der Waals surface area contributed by atoms with Crippen LogP contribution in [0, 0.1) is 5.82 Å². The zero-order chi connectivity index (χ0) is 20.4. The molecule has 0 bridgehead atoms. The first-order valence-electron chi connectivity index (χ1n) is 9.78. The lowest BCUT2D eigenvalue weighted by atomic mass is 9.93. The van der Waals surface area contributed by atoms with E-state index in [-0.39, 0.29) is 11.4 Å². The third-order valence-electron chi connectivity index (χ3n) is 5.31. The fourth-order valence-electron chi connectivity index (χ4n) is 3.71. The third-order valence-corrected chi connectivity index (χ3v) is 5.31. The van der Waals surface area contributed by atoms with Crippen molar-refractivity contribution in [3.05, 3.63) is 70.2 Å². The summed E-state index contributed by atoms with van der Waals surface area (Å²) in [5.74, 6) is 0.647. The molecule has 0 spiro atoms. The molecule has 1 aliphatic heterocycles. The molecule has 0 aliphatic carbocycles. The summed E-state index contributed by atoms with van der Waals surface area (Å²) >= 11 is 0. The molecular weight excluding hydrogens is 371 g/mol. The Morgan fingerprint density at radius 3 is 2.62 bits per heavy atom. The van der Waals surface area contributed by atoms with E-state index in [0.717, 1.165) is 49.4 Å². The van der Waals surface area contributed by atoms with Gasteiger partial charge >= 0.3 is 0 Å². The molecule has 152 valence electrons. The highest BCUT2D eigenvalue weighted by Crippen LogP contribution is 2.27. The Bertz CT molecular complexity index is 1020. The van der Waals surface area contributed by atoms with E-state index in [1.54, 1.807) is 22.9 Å². The zero-order valence-electron chi connectivity index (χ0n) is 16.7. The Morgan fingerprint density at radius 2 is 1.93 bits per heavy atom. The number of halogens is 1. The molecule has 0 unspecified atom stereocenters. The van der Waals surface area contributed by atoms with E-state index < -0.39 is 0 Å². The molecule has 7 nitrogen and oxygen atoms in total. The minimum absolute atomic E-state index is 0.102. The predicted molar refractivity (Wildman–Crippen MR) is 110 cm³/mol. The van der Waals surface area contributed by atoms with Crippen LogP contribution in [0.4, 0.5) is 10.3 Å². The molecule has 29 heavy (non-hydrogen) atoms. The van der Waals surface area contributed by atoms with Crippen molar-refractivity contribution < 1.29 is 4.39 Å². The number of nitrogens with one attached hydrogen (secondary N) is 1. The Balaban J connectivity index is 1.37. The van der Waals surface area contributed by atoms with Gasteiger partial charge in [0.15, 0.2) is 0 Å². The topological polar surface area (TPSA) is 70.1 Å². The number of aromatic amines is 1. The van der Waals surface area contributed by atoms with Crippen LogP contribution in [-0.4, -0.2) is 51.8 Å². The fourth-order valence-corrected chi connectivity index (χ4v) is 3.71. The Morgan fingerprint density at radius 1 is 1.21 bits per heavy atom. The second-order valence-corrected chi connectivity index (χ2v) is 7.71. The molecule has 0 saturated carbocycles. The Labute approximate surface area is 168 Å². The lowest BCUT2D eigenvalue weighted by Crippen LogP contribution is -2.33. The quantitative estimate of drug-likeness (QED) is 0.718. The van der Waals surface area contributed by atoms with Gasteiger partial charge in [0.25, 0.3) is 5.56 Å². The van der Waals surface area contributed by atoms with E-state index >= 15 is 0 Å². The summed E-state index contributed by atoms with van der Waals surface area (Å²) in [7, 11) is 3.74. The second kappa shape index (κ2) is 8.16. The molecule has 3 aromatic rings. The maximum Gasteiger partial charge on any atom is 0.252 e. The van der Waals surface area contributed by atoms with Crippen molar-refractivity contribution in [3.63, 3.8) is 0 Å². The fraction of sp³-hybridized carbons (Fsp3) is 0.381. The number of rotatable bonds is 5. The van der Waals surface area contributed by atoms with Crippen LogP contribution in [0.1, 0.15) is 30.0 Å². The van der Waals surface area contributed by atoms with Crippen LogP contribution < -0.4 is 10.5 Å². The van der Waals surface area contributed by atoms with Gasteiger partial charge in [-0.2, -0.15) is 5.10 Å². The summed E-state index contributed by atoms with van der Waals surface area (Å²) in [6.45, 7) is 2.70. The van der Waals surface area contributed by atoms with Crippen molar-refractivity contribution >= 4 is 5.95 Å². The van der Waals surface area contributed by atoms with Crippen LogP contribution in [-0.2, 0) is 6.54 Å². The first kappa shape index (κ1) is 19.3. The van der Waals surface area contributed by atoms with E-state index in [9.17, 15) is 9.18 Å². The van der Waals surface area contributed by atoms with E-state index in [4.69, 9.17) is 0 Å². The molecular formula is C21H25FN6O. The minimum Gasteiger partial charge on any atom is -0.348 e. The van der Waals surface area contributed by atoms with Gasteiger partial charge in [-0.05, 0) is 50.2 Å². The van der Waals surface area contributed by atoms with Gasteiger partial charge in [0.1, 0.15) is 5.82 Å². The molecule has 4 rings (SSSR count). The van der Waals surface area contributed by atoms with Gasteiger partial charge in [-0.3, -0.25) is 14.7 Å². The summed E-state index contributed by atoms with van der Waals surface area (Å²) in [6, 6.07) is 7.93. The number of likely N-dealkylation sites (tertiary alicyclic amines) is 1. The molecule has 1 fully saturated rings. The van der Waals surface area contributed by atoms with E-state index in [0.29, 0.717) is 11.9 Å². The largest absolute Gasteiger partial charge is 0.348 e. The number of aromatic nitrogens is 4. The number of hydrogen-bond donors (Lipinski definition) is 1. The standard InChI is InChI=1S/C21H25FN6O/c1-26(2)21-24-19(11-20(29)25-21)16-7-9-27(10-8-16)13-15-12-23-28(14-15)18-5-3-17(22)4-6-18/h3-6,11-12,14,16H,7-10,13H2,1-2H3,(H,24,25,29). The van der Waals surface area contributed by atoms with Crippen molar-refractivity contribution in [2.24, 2.45) is 0 Å². The predicted octanol–water partition coefficient (Wildman–Crippen LogP) is 2.54. The molecule has 1 N–H and O–H groups in total. The van der Waals surface area contributed by atoms with Gasteiger partial charge in [0.05, 0.1) is 17.6 Å². The number of benzene rings is 1. The highest BCUT2D eigenvalue weighted by Gasteiger charge is 2.23. The van der Waals surface area contributed by atoms with Gasteiger partial charge < -0.3 is 4.90 Å². The lowest BCUT2D eigenvalue weighted by molar-refractivity contribution is 0.203. The number of piperidine rings is 1. The molecule has 1 saturated heterocycles. The number of hydrogen-bond acceptors (Lipinski definition) is 5. The maximum absolute atomic E-state index is 13.1. The molecule has 0 amide bonds. The molecule has 0 radical (unpaired) electrons. The molecule has 1 aliphatic rings. The van der Waals surface area contributed by atoms with Crippen molar-refractivity contribution in [3.8, 4) is 5.69 Å². The van der Waals surface area contributed by atoms with Gasteiger partial charge in [-0.1, -0.05) is 0 Å². The highest BCUT2D eigenvalue weighted by molar-refractivity contribution is 5.31. The van der Waals surface area contributed by atoms with Crippen LogP contribution in [0.25, 0.3) is 5.69 Å². The average molecular weight is 396 g/mol. The van der Waals surface area contributed by atoms with Gasteiger partial charge in [0.2, 0.25) is 5.95 Å².